The van der Waals surface area contributed by atoms with Crippen molar-refractivity contribution in [3.05, 3.63) is 89.6 Å². The van der Waals surface area contributed by atoms with Crippen molar-refractivity contribution in [1.29, 1.82) is 0 Å². The van der Waals surface area contributed by atoms with E-state index in [1.54, 1.807) is 19.1 Å². The van der Waals surface area contributed by atoms with Crippen LogP contribution in [0.4, 0.5) is 16.3 Å². The van der Waals surface area contributed by atoms with Crippen LogP contribution in [0.2, 0.25) is 0 Å². The number of aryl methyl sites for hydroxylation is 1. The van der Waals surface area contributed by atoms with Gasteiger partial charge in [-0.1, -0.05) is 42.5 Å². The van der Waals surface area contributed by atoms with E-state index in [-0.39, 0.29) is 11.7 Å². The lowest BCUT2D eigenvalue weighted by atomic mass is 10.0. The summed E-state index contributed by atoms with van der Waals surface area (Å²) in [5.41, 5.74) is 16.4. The number of nitrogen functional groups attached to an aromatic ring is 2. The Labute approximate surface area is 173 Å². The molecule has 0 aliphatic rings. The molecule has 7 heteroatoms. The van der Waals surface area contributed by atoms with Crippen molar-refractivity contribution in [2.45, 2.75) is 13.3 Å². The van der Waals surface area contributed by atoms with Crippen LogP contribution in [0, 0.1) is 6.92 Å². The Morgan fingerprint density at radius 2 is 1.77 bits per heavy atom. The summed E-state index contributed by atoms with van der Waals surface area (Å²) in [6.45, 7) is 1.72. The predicted molar refractivity (Wildman–Crippen MR) is 116 cm³/mol. The van der Waals surface area contributed by atoms with Gasteiger partial charge in [-0.15, -0.1) is 5.10 Å². The van der Waals surface area contributed by atoms with Gasteiger partial charge < -0.3 is 16.2 Å². The summed E-state index contributed by atoms with van der Waals surface area (Å²) in [4.78, 5) is 17.1. The van der Waals surface area contributed by atoms with Gasteiger partial charge in [0.05, 0.1) is 5.69 Å². The van der Waals surface area contributed by atoms with E-state index in [0.717, 1.165) is 21.4 Å². The highest BCUT2D eigenvalue weighted by atomic mass is 16.6. The number of anilines is 2. The summed E-state index contributed by atoms with van der Waals surface area (Å²) in [7, 11) is 0. The van der Waals surface area contributed by atoms with E-state index in [4.69, 9.17) is 16.2 Å². The molecule has 0 spiro atoms. The van der Waals surface area contributed by atoms with Crippen molar-refractivity contribution >= 4 is 17.6 Å². The lowest BCUT2D eigenvalue weighted by molar-refractivity contribution is 0.196. The van der Waals surface area contributed by atoms with Crippen LogP contribution in [0.25, 0.3) is 11.3 Å². The number of ether oxygens (including phenoxy) is 1. The Balaban J connectivity index is 1.71. The van der Waals surface area contributed by atoms with Gasteiger partial charge in [0.2, 0.25) is 5.88 Å². The smallest absolute Gasteiger partial charge is 0.399 e. The summed E-state index contributed by atoms with van der Waals surface area (Å²) in [6, 6.07) is 22.8. The SMILES string of the molecule is Cc1cc(N)nn1C(=O)Oc1cc(Cc2ccccc2)cc(-c2cccc(N)c2)n1. The second kappa shape index (κ2) is 8.08. The van der Waals surface area contributed by atoms with Gasteiger partial charge in [-0.2, -0.15) is 4.68 Å². The Kier molecular flexibility index (Phi) is 5.17. The van der Waals surface area contributed by atoms with Crippen molar-refractivity contribution in [3.8, 4) is 17.1 Å². The first kappa shape index (κ1) is 19.2. The average molecular weight is 399 g/mol. The molecule has 0 saturated carbocycles. The molecule has 0 fully saturated rings. The highest BCUT2D eigenvalue weighted by Crippen LogP contribution is 2.25. The van der Waals surface area contributed by atoms with E-state index in [0.29, 0.717) is 23.5 Å². The fourth-order valence-electron chi connectivity index (χ4n) is 3.21. The van der Waals surface area contributed by atoms with Gasteiger partial charge in [0.25, 0.3) is 0 Å². The van der Waals surface area contributed by atoms with Crippen LogP contribution in [0.5, 0.6) is 5.88 Å². The maximum atomic E-state index is 12.6. The van der Waals surface area contributed by atoms with Crippen molar-refractivity contribution < 1.29 is 9.53 Å². The minimum absolute atomic E-state index is 0.180. The first-order valence-electron chi connectivity index (χ1n) is 9.43. The molecule has 2 aromatic carbocycles. The topological polar surface area (TPSA) is 109 Å². The Morgan fingerprint density at radius 1 is 0.967 bits per heavy atom. The number of rotatable bonds is 4. The zero-order valence-corrected chi connectivity index (χ0v) is 16.4. The second-order valence-corrected chi connectivity index (χ2v) is 6.98. The number of benzene rings is 2. The molecule has 0 atom stereocenters. The first-order chi connectivity index (χ1) is 14.5. The number of nitrogens with two attached hydrogens (primary N) is 2. The van der Waals surface area contributed by atoms with Crippen LogP contribution >= 0.6 is 0 Å². The number of aromatic nitrogens is 3. The monoisotopic (exact) mass is 399 g/mol. The molecule has 4 N–H and O–H groups in total. The third-order valence-corrected chi connectivity index (χ3v) is 4.57. The number of carbonyl (C=O) groups is 1. The van der Waals surface area contributed by atoms with Gasteiger partial charge in [0, 0.05) is 29.1 Å². The first-order valence-corrected chi connectivity index (χ1v) is 9.43. The maximum Gasteiger partial charge on any atom is 0.441 e. The van der Waals surface area contributed by atoms with Crippen LogP contribution in [0.1, 0.15) is 16.8 Å². The quantitative estimate of drug-likeness (QED) is 0.501. The lowest BCUT2D eigenvalue weighted by Crippen LogP contribution is -2.20. The van der Waals surface area contributed by atoms with Crippen LogP contribution in [0.3, 0.4) is 0 Å². The molecule has 0 bridgehead atoms. The molecule has 30 heavy (non-hydrogen) atoms. The standard InChI is InChI=1S/C23H21N5O2/c1-15-10-21(25)27-28(15)23(29)30-22-13-17(11-16-6-3-2-4-7-16)12-20(26-22)18-8-5-9-19(24)14-18/h2-10,12-14H,11,24H2,1H3,(H2,25,27). The molecule has 2 heterocycles. The van der Waals surface area contributed by atoms with Gasteiger partial charge in [-0.25, -0.2) is 9.78 Å². The fraction of sp³-hybridized carbons (Fsp3) is 0.0870. The molecule has 0 radical (unpaired) electrons. The maximum absolute atomic E-state index is 12.6. The van der Waals surface area contributed by atoms with Crippen molar-refractivity contribution in [3.63, 3.8) is 0 Å². The van der Waals surface area contributed by atoms with Crippen LogP contribution < -0.4 is 16.2 Å². The largest absolute Gasteiger partial charge is 0.441 e. The van der Waals surface area contributed by atoms with Gasteiger partial charge in [0.15, 0.2) is 0 Å². The summed E-state index contributed by atoms with van der Waals surface area (Å²) in [5, 5.41) is 3.96. The minimum atomic E-state index is -0.674. The van der Waals surface area contributed by atoms with Crippen LogP contribution in [-0.4, -0.2) is 20.9 Å². The van der Waals surface area contributed by atoms with Gasteiger partial charge >= 0.3 is 6.09 Å². The Morgan fingerprint density at radius 3 is 2.47 bits per heavy atom. The molecule has 4 aromatic rings. The molecular weight excluding hydrogens is 378 g/mol. The van der Waals surface area contributed by atoms with Gasteiger partial charge in [0.1, 0.15) is 5.82 Å². The molecule has 0 unspecified atom stereocenters. The molecule has 0 amide bonds. The molecule has 7 nitrogen and oxygen atoms in total. The third kappa shape index (κ3) is 4.30. The fourth-order valence-corrected chi connectivity index (χ4v) is 3.21. The van der Waals surface area contributed by atoms with Crippen molar-refractivity contribution in [2.24, 2.45) is 0 Å². The van der Waals surface area contributed by atoms with Crippen molar-refractivity contribution in [2.75, 3.05) is 11.5 Å². The predicted octanol–water partition coefficient (Wildman–Crippen LogP) is 4.06. The van der Waals surface area contributed by atoms with E-state index in [2.05, 4.69) is 10.1 Å². The van der Waals surface area contributed by atoms with E-state index >= 15 is 0 Å². The van der Waals surface area contributed by atoms with E-state index in [1.165, 1.54) is 0 Å². The number of hydrogen-bond acceptors (Lipinski definition) is 6. The second-order valence-electron chi connectivity index (χ2n) is 6.98. The number of hydrogen-bond donors (Lipinski definition) is 2. The Bertz CT molecular complexity index is 1200. The summed E-state index contributed by atoms with van der Waals surface area (Å²) >= 11 is 0. The van der Waals surface area contributed by atoms with Crippen LogP contribution in [0.15, 0.2) is 72.8 Å². The molecule has 0 saturated heterocycles. The number of nitrogens with zero attached hydrogens (tertiary/aromatic N) is 3. The molecule has 0 aliphatic carbocycles. The lowest BCUT2D eigenvalue weighted by Gasteiger charge is -2.11. The number of pyridine rings is 1. The molecule has 4 rings (SSSR count). The minimum Gasteiger partial charge on any atom is -0.399 e. The summed E-state index contributed by atoms with van der Waals surface area (Å²) in [5.74, 6) is 0.426. The molecule has 2 aromatic heterocycles. The summed E-state index contributed by atoms with van der Waals surface area (Å²) in [6.07, 6.45) is -0.0103. The average Bonchev–Trinajstić information content (AvgIpc) is 3.07. The van der Waals surface area contributed by atoms with Crippen LogP contribution in [-0.2, 0) is 6.42 Å². The molecule has 150 valence electrons. The van der Waals surface area contributed by atoms with E-state index in [1.807, 2.05) is 60.7 Å². The van der Waals surface area contributed by atoms with E-state index in [9.17, 15) is 4.79 Å². The van der Waals surface area contributed by atoms with Gasteiger partial charge in [-0.05, 0) is 42.7 Å². The Hall–Kier alpha value is -4.13. The molecule has 0 aliphatic heterocycles. The van der Waals surface area contributed by atoms with E-state index < -0.39 is 6.09 Å². The number of carbonyl (C=O) groups excluding carboxylic acids is 1. The third-order valence-electron chi connectivity index (χ3n) is 4.57. The van der Waals surface area contributed by atoms with Gasteiger partial charge in [-0.3, -0.25) is 0 Å². The zero-order chi connectivity index (χ0) is 21.1. The highest BCUT2D eigenvalue weighted by molar-refractivity contribution is 5.74. The molecular formula is C23H21N5O2. The zero-order valence-electron chi connectivity index (χ0n) is 16.4. The summed E-state index contributed by atoms with van der Waals surface area (Å²) < 4.78 is 6.64. The highest BCUT2D eigenvalue weighted by Gasteiger charge is 2.15. The normalized spacial score (nSPS) is 10.7. The van der Waals surface area contributed by atoms with Crippen molar-refractivity contribution in [1.82, 2.24) is 14.8 Å².